The Morgan fingerprint density at radius 3 is 2.62 bits per heavy atom. The smallest absolute Gasteiger partial charge is 0.123 e. The Bertz CT molecular complexity index is 372. The minimum atomic E-state index is 0.314. The average molecular weight is 284 g/mol. The summed E-state index contributed by atoms with van der Waals surface area (Å²) >= 11 is 3.50. The molecular weight excluding hydrogens is 266 g/mol. The van der Waals surface area contributed by atoms with Gasteiger partial charge in [-0.2, -0.15) is 0 Å². The number of ether oxygens (including phenoxy) is 1. The van der Waals surface area contributed by atoms with Crippen LogP contribution in [0.25, 0.3) is 0 Å². The van der Waals surface area contributed by atoms with Crippen molar-refractivity contribution in [1.82, 2.24) is 0 Å². The van der Waals surface area contributed by atoms with E-state index < -0.39 is 0 Å². The summed E-state index contributed by atoms with van der Waals surface area (Å²) in [5.74, 6) is 1.48. The summed E-state index contributed by atoms with van der Waals surface area (Å²) in [7, 11) is 0. The van der Waals surface area contributed by atoms with E-state index in [9.17, 15) is 0 Å². The van der Waals surface area contributed by atoms with Crippen molar-refractivity contribution in [3.63, 3.8) is 0 Å². The lowest BCUT2D eigenvalue weighted by Crippen LogP contribution is -2.43. The van der Waals surface area contributed by atoms with Gasteiger partial charge in [0.15, 0.2) is 0 Å². The van der Waals surface area contributed by atoms with Crippen molar-refractivity contribution in [3.8, 4) is 5.75 Å². The van der Waals surface area contributed by atoms with Gasteiger partial charge in [0, 0.05) is 10.5 Å². The Morgan fingerprint density at radius 1 is 1.38 bits per heavy atom. The van der Waals surface area contributed by atoms with Crippen LogP contribution in [0.1, 0.15) is 38.2 Å². The lowest BCUT2D eigenvalue weighted by molar-refractivity contribution is 0.0995. The summed E-state index contributed by atoms with van der Waals surface area (Å²) in [6.45, 7) is 4.36. The fourth-order valence-corrected chi connectivity index (χ4v) is 2.34. The molecule has 88 valence electrons. The normalized spacial score (nSPS) is 24.3. The summed E-state index contributed by atoms with van der Waals surface area (Å²) < 4.78 is 7.07. The quantitative estimate of drug-likeness (QED) is 0.922. The van der Waals surface area contributed by atoms with Gasteiger partial charge in [-0.05, 0) is 42.5 Å². The number of hydrogen-bond donors (Lipinski definition) is 1. The molecule has 2 N–H and O–H groups in total. The van der Waals surface area contributed by atoms with E-state index in [2.05, 4.69) is 35.8 Å². The summed E-state index contributed by atoms with van der Waals surface area (Å²) in [6, 6.07) is 6.55. The summed E-state index contributed by atoms with van der Waals surface area (Å²) in [4.78, 5) is 0. The molecule has 0 spiro atoms. The monoisotopic (exact) mass is 283 g/mol. The van der Waals surface area contributed by atoms with Gasteiger partial charge >= 0.3 is 0 Å². The van der Waals surface area contributed by atoms with E-state index in [4.69, 9.17) is 10.5 Å². The SMILES string of the molecule is CC(C)c1cc(Br)ccc1OC1CC(N)C1. The van der Waals surface area contributed by atoms with Gasteiger partial charge in [-0.15, -0.1) is 0 Å². The van der Waals surface area contributed by atoms with Crippen molar-refractivity contribution in [3.05, 3.63) is 28.2 Å². The molecule has 0 aromatic heterocycles. The molecule has 0 radical (unpaired) electrons. The van der Waals surface area contributed by atoms with Gasteiger partial charge in [0.2, 0.25) is 0 Å². The lowest BCUT2D eigenvalue weighted by atomic mass is 9.90. The number of hydrogen-bond acceptors (Lipinski definition) is 2. The molecule has 0 saturated heterocycles. The first-order valence-electron chi connectivity index (χ1n) is 5.78. The van der Waals surface area contributed by atoms with E-state index in [-0.39, 0.29) is 0 Å². The third-order valence-corrected chi connectivity index (χ3v) is 3.51. The average Bonchev–Trinajstić information content (AvgIpc) is 2.17. The van der Waals surface area contributed by atoms with Crippen LogP contribution in [-0.2, 0) is 0 Å². The molecule has 3 heteroatoms. The molecule has 1 aliphatic rings. The van der Waals surface area contributed by atoms with Crippen molar-refractivity contribution in [1.29, 1.82) is 0 Å². The van der Waals surface area contributed by atoms with E-state index in [0.29, 0.717) is 18.1 Å². The van der Waals surface area contributed by atoms with Crippen molar-refractivity contribution in [2.24, 2.45) is 5.73 Å². The highest BCUT2D eigenvalue weighted by molar-refractivity contribution is 9.10. The van der Waals surface area contributed by atoms with Crippen LogP contribution in [0, 0.1) is 0 Å². The minimum absolute atomic E-state index is 0.314. The molecule has 1 aromatic carbocycles. The van der Waals surface area contributed by atoms with Crippen molar-refractivity contribution in [2.75, 3.05) is 0 Å². The Balaban J connectivity index is 2.13. The Hall–Kier alpha value is -0.540. The summed E-state index contributed by atoms with van der Waals surface area (Å²) in [6.07, 6.45) is 2.27. The number of nitrogens with two attached hydrogens (primary N) is 1. The zero-order valence-electron chi connectivity index (χ0n) is 9.74. The highest BCUT2D eigenvalue weighted by Gasteiger charge is 2.28. The molecule has 0 bridgehead atoms. The molecule has 16 heavy (non-hydrogen) atoms. The molecule has 0 aliphatic heterocycles. The molecule has 1 aliphatic carbocycles. The largest absolute Gasteiger partial charge is 0.490 e. The van der Waals surface area contributed by atoms with E-state index >= 15 is 0 Å². The molecule has 1 saturated carbocycles. The lowest BCUT2D eigenvalue weighted by Gasteiger charge is -2.33. The predicted octanol–water partition coefficient (Wildman–Crippen LogP) is 3.44. The fraction of sp³-hybridized carbons (Fsp3) is 0.538. The van der Waals surface area contributed by atoms with E-state index in [1.165, 1.54) is 5.56 Å². The van der Waals surface area contributed by atoms with Crippen LogP contribution in [0.4, 0.5) is 0 Å². The first-order valence-corrected chi connectivity index (χ1v) is 6.57. The van der Waals surface area contributed by atoms with Crippen LogP contribution in [0.3, 0.4) is 0 Å². The van der Waals surface area contributed by atoms with Crippen LogP contribution >= 0.6 is 15.9 Å². The van der Waals surface area contributed by atoms with E-state index in [0.717, 1.165) is 23.1 Å². The van der Waals surface area contributed by atoms with Gasteiger partial charge in [0.05, 0.1) is 0 Å². The predicted molar refractivity (Wildman–Crippen MR) is 69.9 cm³/mol. The maximum absolute atomic E-state index is 5.97. The second kappa shape index (κ2) is 4.76. The molecular formula is C13H18BrNO. The van der Waals surface area contributed by atoms with Gasteiger partial charge in [-0.3, -0.25) is 0 Å². The molecule has 1 aromatic rings. The number of halogens is 1. The second-order valence-corrected chi connectivity index (χ2v) is 5.72. The molecule has 2 nitrogen and oxygen atoms in total. The van der Waals surface area contributed by atoms with Gasteiger partial charge in [-0.1, -0.05) is 29.8 Å². The van der Waals surface area contributed by atoms with Gasteiger partial charge in [-0.25, -0.2) is 0 Å². The van der Waals surface area contributed by atoms with Crippen LogP contribution in [0.5, 0.6) is 5.75 Å². The van der Waals surface area contributed by atoms with E-state index in [1.807, 2.05) is 12.1 Å². The summed E-state index contributed by atoms with van der Waals surface area (Å²) in [5.41, 5.74) is 7.02. The van der Waals surface area contributed by atoms with Crippen LogP contribution in [0.15, 0.2) is 22.7 Å². The van der Waals surface area contributed by atoms with Gasteiger partial charge < -0.3 is 10.5 Å². The zero-order chi connectivity index (χ0) is 11.7. The van der Waals surface area contributed by atoms with E-state index in [1.54, 1.807) is 0 Å². The molecule has 1 fully saturated rings. The highest BCUT2D eigenvalue weighted by Crippen LogP contribution is 2.33. The molecule has 0 atom stereocenters. The first kappa shape index (κ1) is 11.9. The molecule has 2 rings (SSSR count). The first-order chi connectivity index (χ1) is 7.56. The standard InChI is InChI=1S/C13H18BrNO/c1-8(2)12-5-9(14)3-4-13(12)16-11-6-10(15)7-11/h3-5,8,10-11H,6-7,15H2,1-2H3. The summed E-state index contributed by atoms with van der Waals surface area (Å²) in [5, 5.41) is 0. The zero-order valence-corrected chi connectivity index (χ0v) is 11.3. The molecule has 0 amide bonds. The maximum atomic E-state index is 5.97. The third kappa shape index (κ3) is 2.58. The third-order valence-electron chi connectivity index (χ3n) is 3.02. The fourth-order valence-electron chi connectivity index (χ4n) is 1.96. The Labute approximate surface area is 105 Å². The van der Waals surface area contributed by atoms with Crippen molar-refractivity contribution in [2.45, 2.75) is 44.8 Å². The topological polar surface area (TPSA) is 35.2 Å². The van der Waals surface area contributed by atoms with Crippen LogP contribution < -0.4 is 10.5 Å². The Morgan fingerprint density at radius 2 is 2.06 bits per heavy atom. The van der Waals surface area contributed by atoms with Crippen molar-refractivity contribution >= 4 is 15.9 Å². The molecule has 0 heterocycles. The van der Waals surface area contributed by atoms with Crippen LogP contribution in [0.2, 0.25) is 0 Å². The second-order valence-electron chi connectivity index (χ2n) is 4.81. The Kier molecular flexibility index (Phi) is 3.55. The van der Waals surface area contributed by atoms with Crippen molar-refractivity contribution < 1.29 is 4.74 Å². The maximum Gasteiger partial charge on any atom is 0.123 e. The van der Waals surface area contributed by atoms with Crippen LogP contribution in [-0.4, -0.2) is 12.1 Å². The van der Waals surface area contributed by atoms with Gasteiger partial charge in [0.1, 0.15) is 11.9 Å². The van der Waals surface area contributed by atoms with Gasteiger partial charge in [0.25, 0.3) is 0 Å². The highest BCUT2D eigenvalue weighted by atomic mass is 79.9. The number of benzene rings is 1. The minimum Gasteiger partial charge on any atom is -0.490 e. The number of rotatable bonds is 3. The molecule has 0 unspecified atom stereocenters.